The van der Waals surface area contributed by atoms with Crippen molar-refractivity contribution in [1.29, 1.82) is 0 Å². The zero-order valence-electron chi connectivity index (χ0n) is 18.4. The largest absolute Gasteiger partial charge is 0.468 e. The molecule has 2 heterocycles. The summed E-state index contributed by atoms with van der Waals surface area (Å²) in [6.07, 6.45) is -7.55. The molecule has 0 radical (unpaired) electrons. The molecule has 0 bridgehead atoms. The number of amides is 2. The van der Waals surface area contributed by atoms with Gasteiger partial charge in [-0.2, -0.15) is 26.3 Å². The molecule has 188 valence electrons. The molecule has 1 aromatic heterocycles. The number of carbonyl (C=O) groups excluding carboxylic acids is 1. The number of rotatable bonds is 6. The van der Waals surface area contributed by atoms with E-state index in [4.69, 9.17) is 0 Å². The Bertz CT molecular complexity index is 853. The molecule has 0 spiro atoms. The van der Waals surface area contributed by atoms with E-state index in [1.54, 1.807) is 6.92 Å². The van der Waals surface area contributed by atoms with Gasteiger partial charge in [0.25, 0.3) is 0 Å². The van der Waals surface area contributed by atoms with Gasteiger partial charge in [0.05, 0.1) is 6.54 Å². The van der Waals surface area contributed by atoms with E-state index >= 15 is 0 Å². The number of hydrogen-bond donors (Lipinski definition) is 2. The molecule has 1 fully saturated rings. The van der Waals surface area contributed by atoms with Crippen LogP contribution in [0.1, 0.15) is 12.5 Å². The summed E-state index contributed by atoms with van der Waals surface area (Å²) in [5.74, 6) is -0.388. The van der Waals surface area contributed by atoms with Crippen LogP contribution < -0.4 is 15.4 Å². The Hall–Kier alpha value is -3.02. The van der Waals surface area contributed by atoms with E-state index in [-0.39, 0.29) is 31.4 Å². The van der Waals surface area contributed by atoms with Crippen molar-refractivity contribution >= 4 is 6.03 Å². The van der Waals surface area contributed by atoms with Crippen molar-refractivity contribution in [2.75, 3.05) is 26.2 Å². The third kappa shape index (κ3) is 11.2. The van der Waals surface area contributed by atoms with Crippen molar-refractivity contribution in [2.24, 2.45) is 5.92 Å². The van der Waals surface area contributed by atoms with Gasteiger partial charge < -0.3 is 15.4 Å². The second kappa shape index (κ2) is 12.4. The molecule has 2 aromatic rings. The fourth-order valence-electron chi connectivity index (χ4n) is 3.22. The zero-order chi connectivity index (χ0) is 25.2. The Kier molecular flexibility index (Phi) is 9.97. The number of alkyl halides is 6. The number of ether oxygens (including phenoxy) is 1. The number of aromatic nitrogens is 1. The number of nitrogens with one attached hydrogen (secondary N) is 2. The van der Waals surface area contributed by atoms with Gasteiger partial charge in [-0.15, -0.1) is 0 Å². The number of urea groups is 1. The smallest absolute Gasteiger partial charge is 0.422 e. The van der Waals surface area contributed by atoms with Crippen LogP contribution in [0, 0.1) is 5.92 Å². The molecule has 2 atom stereocenters. The molecule has 1 aromatic carbocycles. The van der Waals surface area contributed by atoms with Crippen molar-refractivity contribution in [3.05, 3.63) is 60.3 Å². The molecule has 1 saturated heterocycles. The summed E-state index contributed by atoms with van der Waals surface area (Å²) in [6, 6.07) is 13.7. The fourth-order valence-corrected chi connectivity index (χ4v) is 3.22. The van der Waals surface area contributed by atoms with Crippen LogP contribution in [0.5, 0.6) is 5.88 Å². The second-order valence-electron chi connectivity index (χ2n) is 7.78. The highest BCUT2D eigenvalue weighted by atomic mass is 19.4. The second-order valence-corrected chi connectivity index (χ2v) is 7.78. The highest BCUT2D eigenvalue weighted by Crippen LogP contribution is 2.23. The number of pyridine rings is 1. The lowest BCUT2D eigenvalue weighted by Crippen LogP contribution is -2.45. The molecule has 1 aliphatic rings. The van der Waals surface area contributed by atoms with E-state index < -0.39 is 37.6 Å². The Morgan fingerprint density at radius 2 is 1.68 bits per heavy atom. The topological polar surface area (TPSA) is 66.5 Å². The molecule has 1 unspecified atom stereocenters. The molecule has 2 N–H and O–H groups in total. The normalized spacial score (nSPS) is 18.6. The van der Waals surface area contributed by atoms with Crippen LogP contribution in [-0.2, 0) is 6.54 Å². The SMILES string of the molecule is C[C@@H]1CN(CC(F)(F)F)CC1NC(=O)NCc1ccnc(OCC(F)(F)F)c1.c1ccccc1. The van der Waals surface area contributed by atoms with Crippen molar-refractivity contribution in [1.82, 2.24) is 20.5 Å². The average molecular weight is 492 g/mol. The van der Waals surface area contributed by atoms with E-state index in [2.05, 4.69) is 20.4 Å². The Morgan fingerprint density at radius 1 is 1.06 bits per heavy atom. The standard InChI is InChI=1S/C16H20F6N4O2.C6H6/c1-10-6-26(8-15(17,18)19)7-12(10)25-14(27)24-5-11-2-3-23-13(4-11)28-9-16(20,21)22;1-2-4-6-5-3-1/h2-4,10,12H,5-9H2,1H3,(H2,24,25,27);1-6H/t10-,12?;/m1./s1. The van der Waals surface area contributed by atoms with Crippen LogP contribution in [0.3, 0.4) is 0 Å². The molecule has 12 heteroatoms. The van der Waals surface area contributed by atoms with Gasteiger partial charge in [0, 0.05) is 37.9 Å². The van der Waals surface area contributed by atoms with Crippen LogP contribution in [0.15, 0.2) is 54.7 Å². The highest BCUT2D eigenvalue weighted by molar-refractivity contribution is 5.74. The molecule has 1 aliphatic heterocycles. The van der Waals surface area contributed by atoms with Crippen molar-refractivity contribution in [3.8, 4) is 5.88 Å². The van der Waals surface area contributed by atoms with Gasteiger partial charge in [-0.3, -0.25) is 4.90 Å². The Labute approximate surface area is 193 Å². The molecular formula is C22H26F6N4O2. The maximum absolute atomic E-state index is 12.5. The number of nitrogens with zero attached hydrogens (tertiary/aromatic N) is 2. The fraction of sp³-hybridized carbons (Fsp3) is 0.455. The maximum atomic E-state index is 12.5. The van der Waals surface area contributed by atoms with Gasteiger partial charge in [0.1, 0.15) is 0 Å². The van der Waals surface area contributed by atoms with E-state index in [9.17, 15) is 31.1 Å². The van der Waals surface area contributed by atoms with Crippen molar-refractivity contribution in [3.63, 3.8) is 0 Å². The lowest BCUT2D eigenvalue weighted by molar-refractivity contribution is -0.154. The highest BCUT2D eigenvalue weighted by Gasteiger charge is 2.37. The first-order valence-electron chi connectivity index (χ1n) is 10.4. The molecule has 3 rings (SSSR count). The predicted octanol–water partition coefficient (Wildman–Crippen LogP) is 4.39. The third-order valence-electron chi connectivity index (χ3n) is 4.71. The zero-order valence-corrected chi connectivity index (χ0v) is 18.4. The maximum Gasteiger partial charge on any atom is 0.422 e. The van der Waals surface area contributed by atoms with Crippen LogP contribution in [0.4, 0.5) is 31.1 Å². The van der Waals surface area contributed by atoms with Crippen molar-refractivity contribution in [2.45, 2.75) is 31.9 Å². The first-order valence-corrected chi connectivity index (χ1v) is 10.4. The van der Waals surface area contributed by atoms with E-state index in [0.29, 0.717) is 5.56 Å². The van der Waals surface area contributed by atoms with Crippen LogP contribution >= 0.6 is 0 Å². The summed E-state index contributed by atoms with van der Waals surface area (Å²) >= 11 is 0. The van der Waals surface area contributed by atoms with Crippen LogP contribution in [-0.4, -0.2) is 60.6 Å². The Balaban J connectivity index is 0.000000589. The molecular weight excluding hydrogens is 466 g/mol. The number of carbonyl (C=O) groups is 1. The lowest BCUT2D eigenvalue weighted by atomic mass is 10.1. The molecule has 6 nitrogen and oxygen atoms in total. The van der Waals surface area contributed by atoms with Crippen LogP contribution in [0.25, 0.3) is 0 Å². The minimum absolute atomic E-state index is 0.00982. The summed E-state index contributed by atoms with van der Waals surface area (Å²) in [7, 11) is 0. The summed E-state index contributed by atoms with van der Waals surface area (Å²) in [6.45, 7) is -0.480. The average Bonchev–Trinajstić information content (AvgIpc) is 3.09. The first-order chi connectivity index (χ1) is 15.9. The van der Waals surface area contributed by atoms with Gasteiger partial charge >= 0.3 is 18.4 Å². The first kappa shape index (κ1) is 27.2. The Morgan fingerprint density at radius 3 is 2.24 bits per heavy atom. The van der Waals surface area contributed by atoms with Crippen molar-refractivity contribution < 1.29 is 35.9 Å². The molecule has 2 amide bonds. The van der Waals surface area contributed by atoms with Gasteiger partial charge in [-0.05, 0) is 17.5 Å². The van der Waals surface area contributed by atoms with Crippen LogP contribution in [0.2, 0.25) is 0 Å². The number of likely N-dealkylation sites (tertiary alicyclic amines) is 1. The quantitative estimate of drug-likeness (QED) is 0.587. The minimum Gasteiger partial charge on any atom is -0.468 e. The predicted molar refractivity (Wildman–Crippen MR) is 113 cm³/mol. The molecule has 0 saturated carbocycles. The number of benzene rings is 1. The summed E-state index contributed by atoms with van der Waals surface area (Å²) in [5, 5.41) is 5.13. The number of halogens is 6. The van der Waals surface area contributed by atoms with E-state index in [0.717, 1.165) is 0 Å². The molecule has 0 aliphatic carbocycles. The van der Waals surface area contributed by atoms with Gasteiger partial charge in [0.2, 0.25) is 5.88 Å². The number of hydrogen-bond acceptors (Lipinski definition) is 4. The van der Waals surface area contributed by atoms with Gasteiger partial charge in [0.15, 0.2) is 6.61 Å². The molecule has 34 heavy (non-hydrogen) atoms. The van der Waals surface area contributed by atoms with Gasteiger partial charge in [-0.1, -0.05) is 43.3 Å². The van der Waals surface area contributed by atoms with Gasteiger partial charge in [-0.25, -0.2) is 9.78 Å². The van der Waals surface area contributed by atoms with E-state index in [1.807, 2.05) is 36.4 Å². The monoisotopic (exact) mass is 492 g/mol. The lowest BCUT2D eigenvalue weighted by Gasteiger charge is -2.18. The summed E-state index contributed by atoms with van der Waals surface area (Å²) < 4.78 is 78.4. The van der Waals surface area contributed by atoms with E-state index in [1.165, 1.54) is 23.2 Å². The third-order valence-corrected chi connectivity index (χ3v) is 4.71. The summed E-state index contributed by atoms with van der Waals surface area (Å²) in [5.41, 5.74) is 0.459. The minimum atomic E-state index is -4.49. The summed E-state index contributed by atoms with van der Waals surface area (Å²) in [4.78, 5) is 16.9.